The largest absolute Gasteiger partial charge is 0.480 e. The van der Waals surface area contributed by atoms with Crippen molar-refractivity contribution in [2.45, 2.75) is 30.7 Å². The van der Waals surface area contributed by atoms with Crippen LogP contribution < -0.4 is 0 Å². The van der Waals surface area contributed by atoms with Crippen LogP contribution in [0, 0.1) is 5.92 Å². The normalized spacial score (nSPS) is 23.1. The summed E-state index contributed by atoms with van der Waals surface area (Å²) < 4.78 is 0. The Morgan fingerprint density at radius 3 is 1.94 bits per heavy atom. The van der Waals surface area contributed by atoms with E-state index in [4.69, 9.17) is 0 Å². The van der Waals surface area contributed by atoms with Crippen LogP contribution in [0.25, 0.3) is 0 Å². The minimum atomic E-state index is -0.762. The Morgan fingerprint density at radius 1 is 0.794 bits per heavy atom. The number of rotatable bonds is 7. The van der Waals surface area contributed by atoms with Gasteiger partial charge in [0, 0.05) is 25.6 Å². The lowest BCUT2D eigenvalue weighted by Crippen LogP contribution is -2.38. The van der Waals surface area contributed by atoms with Gasteiger partial charge in [-0.05, 0) is 54.5 Å². The van der Waals surface area contributed by atoms with Crippen molar-refractivity contribution in [2.24, 2.45) is 5.92 Å². The van der Waals surface area contributed by atoms with Gasteiger partial charge in [0.1, 0.15) is 6.04 Å². The zero-order chi connectivity index (χ0) is 23.3. The quantitative estimate of drug-likeness (QED) is 0.519. The minimum absolute atomic E-state index is 0.346. The van der Waals surface area contributed by atoms with Crippen LogP contribution in [0.4, 0.5) is 0 Å². The average Bonchev–Trinajstić information content (AvgIpc) is 3.29. The van der Waals surface area contributed by atoms with Crippen LogP contribution in [0.5, 0.6) is 0 Å². The fourth-order valence-corrected chi connectivity index (χ4v) is 6.03. The highest BCUT2D eigenvalue weighted by Crippen LogP contribution is 2.39. The van der Waals surface area contributed by atoms with Crippen molar-refractivity contribution in [1.29, 1.82) is 0 Å². The molecule has 0 bridgehead atoms. The summed E-state index contributed by atoms with van der Waals surface area (Å²) in [5, 5.41) is 10.1. The summed E-state index contributed by atoms with van der Waals surface area (Å²) in [6, 6.07) is 30.7. The van der Waals surface area contributed by atoms with E-state index in [1.54, 1.807) is 0 Å². The summed E-state index contributed by atoms with van der Waals surface area (Å²) in [6.45, 7) is 4.83. The summed E-state index contributed by atoms with van der Waals surface area (Å²) in [6.07, 6.45) is 2.39. The second kappa shape index (κ2) is 10.5. The summed E-state index contributed by atoms with van der Waals surface area (Å²) >= 11 is 0. The number of hydrogen-bond donors (Lipinski definition) is 1. The number of carboxylic acid groups (broad SMARTS) is 1. The highest BCUT2D eigenvalue weighted by atomic mass is 16.4. The molecule has 2 saturated heterocycles. The lowest BCUT2D eigenvalue weighted by Gasteiger charge is -2.35. The van der Waals surface area contributed by atoms with Gasteiger partial charge >= 0.3 is 5.97 Å². The number of carbonyl (C=O) groups is 1. The maximum Gasteiger partial charge on any atom is 0.325 e. The molecular formula is C30H34N2O2. The van der Waals surface area contributed by atoms with Gasteiger partial charge in [0.15, 0.2) is 0 Å². The van der Waals surface area contributed by atoms with E-state index in [1.165, 1.54) is 24.0 Å². The van der Waals surface area contributed by atoms with Crippen LogP contribution in [-0.4, -0.2) is 53.6 Å². The summed E-state index contributed by atoms with van der Waals surface area (Å²) in [5.41, 5.74) is 3.65. The molecule has 0 aliphatic carbocycles. The van der Waals surface area contributed by atoms with Gasteiger partial charge in [-0.15, -0.1) is 0 Å². The molecule has 0 aromatic heterocycles. The highest BCUT2D eigenvalue weighted by Gasteiger charge is 2.40. The third-order valence-electron chi connectivity index (χ3n) is 7.76. The Labute approximate surface area is 202 Å². The molecule has 176 valence electrons. The number of hydrogen-bond acceptors (Lipinski definition) is 3. The van der Waals surface area contributed by atoms with Crippen molar-refractivity contribution in [3.05, 3.63) is 108 Å². The molecule has 0 amide bonds. The monoisotopic (exact) mass is 454 g/mol. The van der Waals surface area contributed by atoms with Crippen molar-refractivity contribution >= 4 is 5.97 Å². The van der Waals surface area contributed by atoms with Gasteiger partial charge in [0.05, 0.1) is 0 Å². The minimum Gasteiger partial charge on any atom is -0.480 e. The van der Waals surface area contributed by atoms with E-state index >= 15 is 0 Å². The zero-order valence-corrected chi connectivity index (χ0v) is 19.7. The van der Waals surface area contributed by atoms with Crippen LogP contribution >= 0.6 is 0 Å². The first-order chi connectivity index (χ1) is 16.7. The Hall–Kier alpha value is -2.95. The highest BCUT2D eigenvalue weighted by molar-refractivity contribution is 5.75. The Bertz CT molecular complexity index is 1050. The first kappa shape index (κ1) is 22.8. The van der Waals surface area contributed by atoms with Crippen LogP contribution in [0.15, 0.2) is 91.0 Å². The van der Waals surface area contributed by atoms with Gasteiger partial charge in [0.25, 0.3) is 0 Å². The second-order valence-corrected chi connectivity index (χ2v) is 9.87. The molecule has 5 rings (SSSR count). The van der Waals surface area contributed by atoms with E-state index in [1.807, 2.05) is 30.3 Å². The van der Waals surface area contributed by atoms with Crippen LogP contribution in [0.3, 0.4) is 0 Å². The molecule has 0 spiro atoms. The topological polar surface area (TPSA) is 43.8 Å². The third kappa shape index (κ3) is 5.08. The number of aliphatic carboxylic acids is 1. The molecule has 4 heteroatoms. The van der Waals surface area contributed by atoms with E-state index in [9.17, 15) is 9.90 Å². The lowest BCUT2D eigenvalue weighted by atomic mass is 9.86. The molecule has 34 heavy (non-hydrogen) atoms. The summed E-state index contributed by atoms with van der Waals surface area (Å²) in [7, 11) is 0. The smallest absolute Gasteiger partial charge is 0.325 e. The van der Waals surface area contributed by atoms with Crippen LogP contribution in [0.2, 0.25) is 0 Å². The van der Waals surface area contributed by atoms with E-state index < -0.39 is 12.0 Å². The maximum atomic E-state index is 12.3. The molecule has 2 heterocycles. The van der Waals surface area contributed by atoms with Crippen molar-refractivity contribution in [3.8, 4) is 0 Å². The number of carboxylic acids is 1. The number of nitrogens with zero attached hydrogens (tertiary/aromatic N) is 2. The molecular weight excluding hydrogens is 420 g/mol. The second-order valence-electron chi connectivity index (χ2n) is 9.87. The molecule has 0 radical (unpaired) electrons. The van der Waals surface area contributed by atoms with Gasteiger partial charge in [-0.3, -0.25) is 9.69 Å². The number of piperidine rings is 1. The van der Waals surface area contributed by atoms with Gasteiger partial charge in [0.2, 0.25) is 0 Å². The molecule has 3 atom stereocenters. The molecule has 1 unspecified atom stereocenters. The van der Waals surface area contributed by atoms with Gasteiger partial charge in [-0.25, -0.2) is 0 Å². The van der Waals surface area contributed by atoms with Crippen LogP contribution in [-0.2, 0) is 4.79 Å². The first-order valence-corrected chi connectivity index (χ1v) is 12.5. The van der Waals surface area contributed by atoms with Gasteiger partial charge in [-0.2, -0.15) is 0 Å². The van der Waals surface area contributed by atoms with Crippen molar-refractivity contribution in [3.63, 3.8) is 0 Å². The van der Waals surface area contributed by atoms with Gasteiger partial charge in [-0.1, -0.05) is 91.0 Å². The molecule has 2 fully saturated rings. The van der Waals surface area contributed by atoms with Crippen LogP contribution in [0.1, 0.15) is 47.4 Å². The lowest BCUT2D eigenvalue weighted by molar-refractivity contribution is -0.143. The fraction of sp³-hybridized carbons (Fsp3) is 0.367. The Balaban J connectivity index is 1.31. The zero-order valence-electron chi connectivity index (χ0n) is 19.7. The number of benzene rings is 3. The molecule has 4 nitrogen and oxygen atoms in total. The van der Waals surface area contributed by atoms with E-state index in [0.717, 1.165) is 38.3 Å². The van der Waals surface area contributed by atoms with Crippen molar-refractivity contribution in [2.75, 3.05) is 32.7 Å². The third-order valence-corrected chi connectivity index (χ3v) is 7.76. The molecule has 2 aliphatic heterocycles. The van der Waals surface area contributed by atoms with Gasteiger partial charge < -0.3 is 10.0 Å². The van der Waals surface area contributed by atoms with E-state index in [0.29, 0.717) is 17.8 Å². The molecule has 1 N–H and O–H groups in total. The Kier molecular flexibility index (Phi) is 7.08. The standard InChI is InChI=1S/C30H34N2O2/c33-30(34)29(26-14-8-3-9-15-26)32-21-27(28(22-32)25-12-6-2-7-13-25)20-31-18-16-24(17-19-31)23-10-4-1-5-11-23/h1-15,24,27-29H,16-22H2,(H,33,34)/t27-,28?,29+/m0/s1. The van der Waals surface area contributed by atoms with E-state index in [-0.39, 0.29) is 0 Å². The van der Waals surface area contributed by atoms with Crippen molar-refractivity contribution < 1.29 is 9.90 Å². The molecule has 0 saturated carbocycles. The predicted octanol–water partition coefficient (Wildman–Crippen LogP) is 5.41. The van der Waals surface area contributed by atoms with E-state index in [2.05, 4.69) is 70.5 Å². The number of likely N-dealkylation sites (tertiary alicyclic amines) is 2. The molecule has 3 aromatic carbocycles. The first-order valence-electron chi connectivity index (χ1n) is 12.5. The molecule has 2 aliphatic rings. The Morgan fingerprint density at radius 2 is 1.35 bits per heavy atom. The SMILES string of the molecule is O=C(O)[C@@H](c1ccccc1)N1CC(c2ccccc2)[C@@H](CN2CCC(c3ccccc3)CC2)C1. The predicted molar refractivity (Wildman–Crippen MR) is 136 cm³/mol. The summed E-state index contributed by atoms with van der Waals surface area (Å²) in [5.74, 6) is 0.652. The maximum absolute atomic E-state index is 12.3. The van der Waals surface area contributed by atoms with Crippen molar-refractivity contribution in [1.82, 2.24) is 9.80 Å². The molecule has 3 aromatic rings. The average molecular weight is 455 g/mol. The summed E-state index contributed by atoms with van der Waals surface area (Å²) in [4.78, 5) is 17.1. The fourth-order valence-electron chi connectivity index (χ4n) is 6.03.